The second kappa shape index (κ2) is 8.19. The topological polar surface area (TPSA) is 51.5 Å². The Morgan fingerprint density at radius 1 is 1.03 bits per heavy atom. The highest BCUT2D eigenvalue weighted by atomic mass is 32.2. The highest BCUT2D eigenvalue weighted by Gasteiger charge is 2.47. The van der Waals surface area contributed by atoms with Crippen LogP contribution in [0.15, 0.2) is 72.1 Å². The summed E-state index contributed by atoms with van der Waals surface area (Å²) in [7, 11) is -3.29. The van der Waals surface area contributed by atoms with Gasteiger partial charge in [0.25, 0.3) is 0 Å². The Kier molecular flexibility index (Phi) is 5.51. The van der Waals surface area contributed by atoms with Crippen molar-refractivity contribution in [1.29, 1.82) is 0 Å². The number of para-hydroxylation sites is 2. The molecule has 5 nitrogen and oxygen atoms in total. The number of rotatable bonds is 4. The third-order valence-corrected chi connectivity index (χ3v) is 8.68. The molecule has 2 aliphatic rings. The van der Waals surface area contributed by atoms with Gasteiger partial charge in [-0.25, -0.2) is 8.42 Å². The minimum Gasteiger partial charge on any atom is -0.479 e. The van der Waals surface area contributed by atoms with Gasteiger partial charge in [-0.05, 0) is 42.0 Å². The van der Waals surface area contributed by atoms with Gasteiger partial charge in [0.05, 0.1) is 22.0 Å². The van der Waals surface area contributed by atoms with Crippen LogP contribution in [0.2, 0.25) is 0 Å². The summed E-state index contributed by atoms with van der Waals surface area (Å²) in [4.78, 5) is 2.33. The SMILES string of the molecule is C=C(c1ccc(S(=O)(=O)CC)cc1)N1CCC2(CC1)Oc1ccccc1-n1c(C(F)(F)F)ccc12. The first kappa shape index (κ1) is 23.5. The van der Waals surface area contributed by atoms with Crippen LogP contribution >= 0.6 is 0 Å². The molecule has 0 bridgehead atoms. The zero-order valence-electron chi connectivity index (χ0n) is 19.2. The predicted octanol–water partition coefficient (Wildman–Crippen LogP) is 5.64. The smallest absolute Gasteiger partial charge is 0.431 e. The molecule has 35 heavy (non-hydrogen) atoms. The van der Waals surface area contributed by atoms with E-state index in [0.717, 1.165) is 17.3 Å². The summed E-state index contributed by atoms with van der Waals surface area (Å²) in [5.41, 5.74) is 0.837. The van der Waals surface area contributed by atoms with Gasteiger partial charge in [0.15, 0.2) is 15.4 Å². The van der Waals surface area contributed by atoms with Crippen molar-refractivity contribution in [2.75, 3.05) is 18.8 Å². The lowest BCUT2D eigenvalue weighted by atomic mass is 9.86. The zero-order chi connectivity index (χ0) is 25.0. The molecule has 5 rings (SSSR count). The molecular formula is C26H25F3N2O3S. The number of hydrogen-bond donors (Lipinski definition) is 0. The number of likely N-dealkylation sites (tertiary alicyclic amines) is 1. The summed E-state index contributed by atoms with van der Waals surface area (Å²) >= 11 is 0. The number of halogens is 3. The van der Waals surface area contributed by atoms with Crippen molar-refractivity contribution in [1.82, 2.24) is 9.47 Å². The van der Waals surface area contributed by atoms with E-state index in [1.807, 2.05) is 0 Å². The maximum absolute atomic E-state index is 13.8. The number of piperidine rings is 1. The van der Waals surface area contributed by atoms with E-state index >= 15 is 0 Å². The van der Waals surface area contributed by atoms with Crippen molar-refractivity contribution in [3.05, 3.63) is 84.2 Å². The van der Waals surface area contributed by atoms with Gasteiger partial charge in [0.1, 0.15) is 11.4 Å². The van der Waals surface area contributed by atoms with E-state index in [0.29, 0.717) is 43.1 Å². The quantitative estimate of drug-likeness (QED) is 0.463. The van der Waals surface area contributed by atoms with E-state index in [2.05, 4.69) is 11.5 Å². The number of benzene rings is 2. The molecule has 0 aliphatic carbocycles. The molecular weight excluding hydrogens is 477 g/mol. The van der Waals surface area contributed by atoms with Crippen LogP contribution in [0, 0.1) is 0 Å². The van der Waals surface area contributed by atoms with Crippen LogP contribution in [-0.4, -0.2) is 36.7 Å². The number of fused-ring (bicyclic) bond motifs is 4. The molecule has 3 aromatic rings. The Labute approximate surface area is 202 Å². The number of nitrogens with zero attached hydrogens (tertiary/aromatic N) is 2. The molecule has 9 heteroatoms. The lowest BCUT2D eigenvalue weighted by Gasteiger charge is -2.46. The van der Waals surface area contributed by atoms with E-state index in [-0.39, 0.29) is 10.6 Å². The molecule has 1 fully saturated rings. The Morgan fingerprint density at radius 2 is 1.69 bits per heavy atom. The molecule has 0 saturated carbocycles. The molecule has 1 spiro atoms. The van der Waals surface area contributed by atoms with Gasteiger partial charge < -0.3 is 14.2 Å². The number of alkyl halides is 3. The fraction of sp³-hybridized carbons (Fsp3) is 0.308. The zero-order valence-corrected chi connectivity index (χ0v) is 20.0. The van der Waals surface area contributed by atoms with E-state index in [1.165, 1.54) is 10.6 Å². The monoisotopic (exact) mass is 502 g/mol. The van der Waals surface area contributed by atoms with E-state index in [1.54, 1.807) is 55.5 Å². The van der Waals surface area contributed by atoms with Crippen LogP contribution in [-0.2, 0) is 21.6 Å². The largest absolute Gasteiger partial charge is 0.479 e. The van der Waals surface area contributed by atoms with Crippen LogP contribution < -0.4 is 4.74 Å². The lowest BCUT2D eigenvalue weighted by molar-refractivity contribution is -0.143. The Hall–Kier alpha value is -3.20. The summed E-state index contributed by atoms with van der Waals surface area (Å²) in [6, 6.07) is 16.1. The number of sulfone groups is 1. The van der Waals surface area contributed by atoms with Crippen molar-refractivity contribution < 1.29 is 26.3 Å². The molecule has 2 aliphatic heterocycles. The molecule has 0 radical (unpaired) electrons. The van der Waals surface area contributed by atoms with Crippen LogP contribution in [0.25, 0.3) is 11.4 Å². The van der Waals surface area contributed by atoms with E-state index in [4.69, 9.17) is 4.74 Å². The summed E-state index contributed by atoms with van der Waals surface area (Å²) in [5.74, 6) is 0.462. The fourth-order valence-electron chi connectivity index (χ4n) is 4.96. The predicted molar refractivity (Wildman–Crippen MR) is 127 cm³/mol. The highest BCUT2D eigenvalue weighted by molar-refractivity contribution is 7.91. The van der Waals surface area contributed by atoms with Crippen molar-refractivity contribution in [3.8, 4) is 11.4 Å². The van der Waals surface area contributed by atoms with Crippen molar-refractivity contribution in [2.45, 2.75) is 36.4 Å². The van der Waals surface area contributed by atoms with Crippen LogP contribution in [0.5, 0.6) is 5.75 Å². The molecule has 3 heterocycles. The molecule has 0 atom stereocenters. The second-order valence-corrected chi connectivity index (χ2v) is 11.1. The maximum Gasteiger partial charge on any atom is 0.431 e. The Bertz CT molecular complexity index is 1380. The second-order valence-electron chi connectivity index (χ2n) is 8.86. The van der Waals surface area contributed by atoms with Crippen LogP contribution in [0.3, 0.4) is 0 Å². The summed E-state index contributed by atoms with van der Waals surface area (Å²) < 4.78 is 73.3. The van der Waals surface area contributed by atoms with Gasteiger partial charge in [-0.1, -0.05) is 37.8 Å². The minimum atomic E-state index is -4.49. The lowest BCUT2D eigenvalue weighted by Crippen LogP contribution is -2.48. The standard InChI is InChI=1S/C26H25F3N2O3S/c1-3-35(32,33)20-10-8-19(9-11-20)18(2)30-16-14-25(15-17-30)23-12-13-24(26(27,28)29)31(23)21-6-4-5-7-22(21)34-25/h4-13H,2-3,14-17H2,1H3. The number of aromatic nitrogens is 1. The van der Waals surface area contributed by atoms with E-state index in [9.17, 15) is 21.6 Å². The number of hydrogen-bond acceptors (Lipinski definition) is 4. The maximum atomic E-state index is 13.8. The Morgan fingerprint density at radius 3 is 2.31 bits per heavy atom. The van der Waals surface area contributed by atoms with E-state index < -0.39 is 27.3 Å². The van der Waals surface area contributed by atoms with Gasteiger partial charge in [-0.15, -0.1) is 0 Å². The normalized spacial score (nSPS) is 17.0. The summed E-state index contributed by atoms with van der Waals surface area (Å²) in [6.07, 6.45) is -3.54. The van der Waals surface area contributed by atoms with Gasteiger partial charge in [0, 0.05) is 31.6 Å². The minimum absolute atomic E-state index is 0.0302. The van der Waals surface area contributed by atoms with Crippen molar-refractivity contribution in [2.24, 2.45) is 0 Å². The first-order valence-corrected chi connectivity index (χ1v) is 13.1. The highest BCUT2D eigenvalue weighted by Crippen LogP contribution is 2.48. The van der Waals surface area contributed by atoms with Gasteiger partial charge >= 0.3 is 6.18 Å². The van der Waals surface area contributed by atoms with Crippen LogP contribution in [0.1, 0.15) is 36.7 Å². The third-order valence-electron chi connectivity index (χ3n) is 6.93. The van der Waals surface area contributed by atoms with Crippen LogP contribution in [0.4, 0.5) is 13.2 Å². The molecule has 0 N–H and O–H groups in total. The van der Waals surface area contributed by atoms with Crippen molar-refractivity contribution in [3.63, 3.8) is 0 Å². The first-order chi connectivity index (χ1) is 16.6. The number of ether oxygens (including phenoxy) is 1. The average molecular weight is 503 g/mol. The van der Waals surface area contributed by atoms with Gasteiger partial charge in [-0.2, -0.15) is 13.2 Å². The first-order valence-electron chi connectivity index (χ1n) is 11.4. The fourth-order valence-corrected chi connectivity index (χ4v) is 5.85. The third kappa shape index (κ3) is 3.91. The molecule has 0 unspecified atom stereocenters. The molecule has 184 valence electrons. The molecule has 1 saturated heterocycles. The van der Waals surface area contributed by atoms with Gasteiger partial charge in [-0.3, -0.25) is 0 Å². The average Bonchev–Trinajstić information content (AvgIpc) is 3.32. The molecule has 1 aromatic heterocycles. The molecule has 0 amide bonds. The van der Waals surface area contributed by atoms with Crippen molar-refractivity contribution >= 4 is 15.5 Å². The Balaban J connectivity index is 1.41. The van der Waals surface area contributed by atoms with Gasteiger partial charge in [0.2, 0.25) is 0 Å². The molecule has 2 aromatic carbocycles. The summed E-state index contributed by atoms with van der Waals surface area (Å²) in [5, 5.41) is 0. The summed E-state index contributed by atoms with van der Waals surface area (Å²) in [6.45, 7) is 6.86.